The minimum Gasteiger partial charge on any atom is -0.493 e. The van der Waals surface area contributed by atoms with Gasteiger partial charge < -0.3 is 18.9 Å². The number of carbonyl (C=O) groups is 1. The summed E-state index contributed by atoms with van der Waals surface area (Å²) in [4.78, 5) is 32.3. The van der Waals surface area contributed by atoms with Gasteiger partial charge in [0.1, 0.15) is 12.4 Å². The van der Waals surface area contributed by atoms with E-state index in [0.717, 1.165) is 4.47 Å². The fourth-order valence-electron chi connectivity index (χ4n) is 4.34. The Morgan fingerprint density at radius 1 is 1.23 bits per heavy atom. The van der Waals surface area contributed by atoms with Crippen LogP contribution in [-0.4, -0.2) is 37.0 Å². The van der Waals surface area contributed by atoms with E-state index in [9.17, 15) is 9.59 Å². The van der Waals surface area contributed by atoms with Gasteiger partial charge in [-0.05, 0) is 69.7 Å². The summed E-state index contributed by atoms with van der Waals surface area (Å²) >= 11 is 4.70. The fourth-order valence-corrected chi connectivity index (χ4v) is 5.75. The average molecular weight is 626 g/mol. The number of terminal acetylenes is 1. The summed E-state index contributed by atoms with van der Waals surface area (Å²) in [6, 6.07) is 10.0. The Morgan fingerprint density at radius 2 is 1.98 bits per heavy atom. The van der Waals surface area contributed by atoms with Crippen molar-refractivity contribution in [3.63, 3.8) is 0 Å². The molecule has 1 aromatic heterocycles. The number of methoxy groups -OCH3 is 1. The molecule has 0 saturated heterocycles. The number of fused-ring (bicyclic) bond motifs is 1. The van der Waals surface area contributed by atoms with E-state index in [1.807, 2.05) is 32.0 Å². The van der Waals surface area contributed by atoms with Gasteiger partial charge in [0.25, 0.3) is 5.56 Å². The third-order valence-electron chi connectivity index (χ3n) is 5.95. The van der Waals surface area contributed by atoms with Crippen LogP contribution in [0.25, 0.3) is 6.08 Å². The molecule has 0 radical (unpaired) electrons. The van der Waals surface area contributed by atoms with Crippen molar-refractivity contribution in [3.8, 4) is 29.6 Å². The Balaban J connectivity index is 1.95. The third-order valence-corrected chi connectivity index (χ3v) is 7.43. The van der Waals surface area contributed by atoms with Gasteiger partial charge in [0.2, 0.25) is 0 Å². The van der Waals surface area contributed by atoms with Crippen molar-refractivity contribution < 1.29 is 23.7 Å². The zero-order valence-electron chi connectivity index (χ0n) is 22.8. The van der Waals surface area contributed by atoms with E-state index in [1.165, 1.54) is 15.9 Å². The summed E-state index contributed by atoms with van der Waals surface area (Å²) < 4.78 is 25.3. The predicted molar refractivity (Wildman–Crippen MR) is 158 cm³/mol. The molecule has 0 unspecified atom stereocenters. The van der Waals surface area contributed by atoms with Crippen LogP contribution in [0, 0.1) is 12.3 Å². The van der Waals surface area contributed by atoms with Gasteiger partial charge in [-0.1, -0.05) is 39.3 Å². The Bertz CT molecular complexity index is 1700. The number of halogens is 1. The zero-order chi connectivity index (χ0) is 29.0. The molecule has 0 amide bonds. The van der Waals surface area contributed by atoms with Crippen LogP contribution in [0.1, 0.15) is 44.9 Å². The zero-order valence-corrected chi connectivity index (χ0v) is 25.2. The van der Waals surface area contributed by atoms with Crippen molar-refractivity contribution in [2.75, 3.05) is 20.3 Å². The minimum absolute atomic E-state index is 0.0674. The number of benzene rings is 2. The van der Waals surface area contributed by atoms with E-state index in [1.54, 1.807) is 45.2 Å². The second-order valence-corrected chi connectivity index (χ2v) is 11.0. The average Bonchev–Trinajstić information content (AvgIpc) is 3.21. The van der Waals surface area contributed by atoms with Gasteiger partial charge in [-0.3, -0.25) is 9.36 Å². The Kier molecular flexibility index (Phi) is 9.17. The summed E-state index contributed by atoms with van der Waals surface area (Å²) in [6.07, 6.45) is 7.05. The molecule has 3 aromatic rings. The SMILES string of the molecule is C#CCOc1ccc(Br)cc1/C=c1/sc2n(c1=O)[C@@H](c1ccc(OC(C)C)c(OC)c1)C(C(=O)OCC)=C(C)N=2. The molecule has 40 heavy (non-hydrogen) atoms. The highest BCUT2D eigenvalue weighted by Crippen LogP contribution is 2.36. The molecule has 0 aliphatic carbocycles. The van der Waals surface area contributed by atoms with Crippen LogP contribution in [0.3, 0.4) is 0 Å². The van der Waals surface area contributed by atoms with Gasteiger partial charge in [-0.2, -0.15) is 0 Å². The molecule has 0 fully saturated rings. The molecule has 1 atom stereocenters. The number of ether oxygens (including phenoxy) is 4. The molecule has 2 aromatic carbocycles. The number of thiazole rings is 1. The first-order valence-electron chi connectivity index (χ1n) is 12.6. The van der Waals surface area contributed by atoms with E-state index in [0.29, 0.717) is 43.4 Å². The van der Waals surface area contributed by atoms with Gasteiger partial charge in [0.05, 0.1) is 41.7 Å². The maximum absolute atomic E-state index is 14.0. The number of aromatic nitrogens is 1. The third kappa shape index (κ3) is 6.01. The Hall–Kier alpha value is -3.81. The smallest absolute Gasteiger partial charge is 0.338 e. The number of rotatable bonds is 9. The van der Waals surface area contributed by atoms with E-state index >= 15 is 0 Å². The number of hydrogen-bond donors (Lipinski definition) is 0. The van der Waals surface area contributed by atoms with Crippen molar-refractivity contribution >= 4 is 39.3 Å². The molecule has 4 rings (SSSR count). The van der Waals surface area contributed by atoms with Crippen LogP contribution < -0.4 is 29.1 Å². The lowest BCUT2D eigenvalue weighted by Crippen LogP contribution is -2.40. The van der Waals surface area contributed by atoms with Crippen LogP contribution in [0.5, 0.6) is 17.2 Å². The van der Waals surface area contributed by atoms with Crippen molar-refractivity contribution in [3.05, 3.63) is 83.0 Å². The summed E-state index contributed by atoms with van der Waals surface area (Å²) in [5.41, 5.74) is 1.76. The largest absolute Gasteiger partial charge is 0.493 e. The molecule has 2 heterocycles. The van der Waals surface area contributed by atoms with Gasteiger partial charge in [0.15, 0.2) is 16.3 Å². The summed E-state index contributed by atoms with van der Waals surface area (Å²) in [5, 5.41) is 0. The lowest BCUT2D eigenvalue weighted by atomic mass is 9.95. The topological polar surface area (TPSA) is 88.3 Å². The number of carbonyl (C=O) groups excluding carboxylic acids is 1. The molecular formula is C30H29BrN2O6S. The molecule has 0 spiro atoms. The number of allylic oxidation sites excluding steroid dienone is 1. The van der Waals surface area contributed by atoms with Gasteiger partial charge in [-0.15, -0.1) is 6.42 Å². The molecular weight excluding hydrogens is 596 g/mol. The summed E-state index contributed by atoms with van der Waals surface area (Å²) in [5.74, 6) is 3.49. The highest BCUT2D eigenvalue weighted by atomic mass is 79.9. The second kappa shape index (κ2) is 12.6. The Labute approximate surface area is 244 Å². The fraction of sp³-hybridized carbons (Fsp3) is 0.300. The van der Waals surface area contributed by atoms with Gasteiger partial charge >= 0.3 is 5.97 Å². The van der Waals surface area contributed by atoms with E-state index in [4.69, 9.17) is 25.4 Å². The summed E-state index contributed by atoms with van der Waals surface area (Å²) in [7, 11) is 1.54. The molecule has 0 saturated carbocycles. The van der Waals surface area contributed by atoms with Crippen LogP contribution in [0.15, 0.2) is 61.9 Å². The van der Waals surface area contributed by atoms with Gasteiger partial charge in [0, 0.05) is 10.0 Å². The quantitative estimate of drug-likeness (QED) is 0.260. The maximum Gasteiger partial charge on any atom is 0.338 e. The molecule has 10 heteroatoms. The second-order valence-electron chi connectivity index (χ2n) is 9.05. The van der Waals surface area contributed by atoms with Crippen molar-refractivity contribution in [1.82, 2.24) is 4.57 Å². The minimum atomic E-state index is -0.792. The van der Waals surface area contributed by atoms with Crippen LogP contribution >= 0.6 is 27.3 Å². The lowest BCUT2D eigenvalue weighted by Gasteiger charge is -2.25. The monoisotopic (exact) mass is 624 g/mol. The first kappa shape index (κ1) is 29.2. The summed E-state index contributed by atoms with van der Waals surface area (Å²) in [6.45, 7) is 7.58. The van der Waals surface area contributed by atoms with Crippen LogP contribution in [0.4, 0.5) is 0 Å². The molecule has 8 nitrogen and oxygen atoms in total. The van der Waals surface area contributed by atoms with Crippen LogP contribution in [0.2, 0.25) is 0 Å². The van der Waals surface area contributed by atoms with Crippen LogP contribution in [-0.2, 0) is 9.53 Å². The molecule has 0 N–H and O–H groups in total. The Morgan fingerprint density at radius 3 is 2.65 bits per heavy atom. The first-order chi connectivity index (χ1) is 19.2. The highest BCUT2D eigenvalue weighted by Gasteiger charge is 2.34. The number of esters is 1. The van der Waals surface area contributed by atoms with Crippen molar-refractivity contribution in [2.45, 2.75) is 39.8 Å². The van der Waals surface area contributed by atoms with E-state index in [2.05, 4.69) is 26.8 Å². The standard InChI is InChI=1S/C30H29BrN2O6S/c1-7-13-38-22-12-10-21(31)14-20(22)16-25-28(34)33-27(19-9-11-23(39-17(3)4)24(15-19)36-6)26(29(35)37-8-2)18(5)32-30(33)40-25/h1,9-12,14-17,27H,8,13H2,2-6H3/b25-16+/t27-/m0/s1. The maximum atomic E-state index is 14.0. The van der Waals surface area contributed by atoms with Gasteiger partial charge in [-0.25, -0.2) is 9.79 Å². The number of nitrogens with zero attached hydrogens (tertiary/aromatic N) is 2. The predicted octanol–water partition coefficient (Wildman–Crippen LogP) is 4.37. The highest BCUT2D eigenvalue weighted by molar-refractivity contribution is 9.10. The normalized spacial score (nSPS) is 14.8. The lowest BCUT2D eigenvalue weighted by molar-refractivity contribution is -0.139. The molecule has 1 aliphatic heterocycles. The van der Waals surface area contributed by atoms with Crippen molar-refractivity contribution in [1.29, 1.82) is 0 Å². The van der Waals surface area contributed by atoms with Crippen molar-refractivity contribution in [2.24, 2.45) is 4.99 Å². The number of hydrogen-bond acceptors (Lipinski definition) is 8. The molecule has 0 bridgehead atoms. The van der Waals surface area contributed by atoms with E-state index < -0.39 is 12.0 Å². The molecule has 1 aliphatic rings. The van der Waals surface area contributed by atoms with E-state index in [-0.39, 0.29) is 30.5 Å². The first-order valence-corrected chi connectivity index (χ1v) is 14.2. The molecule has 208 valence electrons.